The Labute approximate surface area is 78.0 Å². The van der Waals surface area contributed by atoms with Gasteiger partial charge in [0.15, 0.2) is 0 Å². The molecule has 0 aromatic heterocycles. The van der Waals surface area contributed by atoms with E-state index in [9.17, 15) is 4.79 Å². The van der Waals surface area contributed by atoms with Crippen LogP contribution in [0.3, 0.4) is 0 Å². The van der Waals surface area contributed by atoms with Gasteiger partial charge < -0.3 is 5.11 Å². The third-order valence-electron chi connectivity index (χ3n) is 0.756. The highest BCUT2D eigenvalue weighted by atomic mass is 35.5. The Hall–Kier alpha value is 0.630. The molecule has 2 nitrogen and oxygen atoms in total. The molecular formula is C4H4Cl4O2. The predicted molar refractivity (Wildman–Crippen MR) is 42.4 cm³/mol. The lowest BCUT2D eigenvalue weighted by Crippen LogP contribution is -2.29. The first-order chi connectivity index (χ1) is 4.46. The Kier molecular flexibility index (Phi) is 4.78. The van der Waals surface area contributed by atoms with Gasteiger partial charge in [-0.1, -0.05) is 0 Å². The molecule has 0 aliphatic carbocycles. The van der Waals surface area contributed by atoms with Crippen LogP contribution in [0.5, 0.6) is 0 Å². The van der Waals surface area contributed by atoms with Gasteiger partial charge in [0.2, 0.25) is 0 Å². The van der Waals surface area contributed by atoms with Crippen molar-refractivity contribution in [3.8, 4) is 0 Å². The normalized spacial score (nSPS) is 16.9. The number of aliphatic carboxylic acids is 1. The zero-order valence-corrected chi connectivity index (χ0v) is 7.62. The van der Waals surface area contributed by atoms with E-state index in [1.807, 2.05) is 0 Å². The molecule has 2 atom stereocenters. The van der Waals surface area contributed by atoms with Crippen LogP contribution in [0.2, 0.25) is 0 Å². The maximum Gasteiger partial charge on any atom is 0.323 e. The first-order valence-electron chi connectivity index (χ1n) is 2.26. The maximum atomic E-state index is 10.1. The van der Waals surface area contributed by atoms with Crippen molar-refractivity contribution in [3.63, 3.8) is 0 Å². The van der Waals surface area contributed by atoms with Gasteiger partial charge in [-0.2, -0.15) is 0 Å². The van der Waals surface area contributed by atoms with Crippen molar-refractivity contribution in [2.75, 3.05) is 0 Å². The summed E-state index contributed by atoms with van der Waals surface area (Å²) < 4.78 is 0. The van der Waals surface area contributed by atoms with Crippen LogP contribution in [0, 0.1) is 0 Å². The molecule has 0 saturated heterocycles. The molecule has 2 unspecified atom stereocenters. The SMILES string of the molecule is O=C(O)C(Cl)C(Cl)C(Cl)Cl. The van der Waals surface area contributed by atoms with E-state index in [-0.39, 0.29) is 0 Å². The molecule has 0 rings (SSSR count). The quantitative estimate of drug-likeness (QED) is 0.748. The minimum atomic E-state index is -1.25. The number of hydrogen-bond donors (Lipinski definition) is 1. The van der Waals surface area contributed by atoms with Crippen molar-refractivity contribution >= 4 is 52.4 Å². The van der Waals surface area contributed by atoms with E-state index in [0.717, 1.165) is 0 Å². The smallest absolute Gasteiger partial charge is 0.323 e. The number of halogens is 4. The van der Waals surface area contributed by atoms with Crippen molar-refractivity contribution < 1.29 is 9.90 Å². The van der Waals surface area contributed by atoms with Crippen LogP contribution < -0.4 is 0 Å². The molecule has 0 amide bonds. The summed E-state index contributed by atoms with van der Waals surface area (Å²) in [5, 5.41) is 6.05. The van der Waals surface area contributed by atoms with Gasteiger partial charge in [0.1, 0.15) is 10.2 Å². The van der Waals surface area contributed by atoms with Gasteiger partial charge in [0.25, 0.3) is 0 Å². The molecule has 10 heavy (non-hydrogen) atoms. The largest absolute Gasteiger partial charge is 0.480 e. The fourth-order valence-corrected chi connectivity index (χ4v) is 0.957. The van der Waals surface area contributed by atoms with Crippen LogP contribution in [0.4, 0.5) is 0 Å². The third kappa shape index (κ3) is 3.15. The highest BCUT2D eigenvalue weighted by Gasteiger charge is 2.28. The van der Waals surface area contributed by atoms with Crippen molar-refractivity contribution in [1.82, 2.24) is 0 Å². The second-order valence-electron chi connectivity index (χ2n) is 1.52. The Morgan fingerprint density at radius 2 is 1.60 bits per heavy atom. The van der Waals surface area contributed by atoms with Crippen molar-refractivity contribution in [3.05, 3.63) is 0 Å². The van der Waals surface area contributed by atoms with Crippen molar-refractivity contribution in [2.45, 2.75) is 15.6 Å². The van der Waals surface area contributed by atoms with Crippen LogP contribution in [0.15, 0.2) is 0 Å². The Morgan fingerprint density at radius 1 is 1.20 bits per heavy atom. The van der Waals surface area contributed by atoms with Crippen LogP contribution in [0.25, 0.3) is 0 Å². The Balaban J connectivity index is 3.94. The monoisotopic (exact) mass is 224 g/mol. The summed E-state index contributed by atoms with van der Waals surface area (Å²) in [4.78, 5) is 9.14. The van der Waals surface area contributed by atoms with E-state index in [0.29, 0.717) is 0 Å². The summed E-state index contributed by atoms with van der Waals surface area (Å²) in [6.07, 6.45) is 0. The highest BCUT2D eigenvalue weighted by molar-refractivity contribution is 6.50. The van der Waals surface area contributed by atoms with Gasteiger partial charge in [-0.15, -0.1) is 46.4 Å². The minimum Gasteiger partial charge on any atom is -0.480 e. The molecule has 60 valence electrons. The number of rotatable bonds is 3. The molecule has 6 heteroatoms. The average Bonchev–Trinajstić information content (AvgIpc) is 1.84. The van der Waals surface area contributed by atoms with E-state index >= 15 is 0 Å². The molecule has 0 saturated carbocycles. The van der Waals surface area contributed by atoms with E-state index in [1.165, 1.54) is 0 Å². The van der Waals surface area contributed by atoms with Crippen LogP contribution >= 0.6 is 46.4 Å². The summed E-state index contributed by atoms with van der Waals surface area (Å²) in [5.41, 5.74) is 0. The summed E-state index contributed by atoms with van der Waals surface area (Å²) in [5.74, 6) is -1.23. The first-order valence-corrected chi connectivity index (χ1v) is 4.00. The molecule has 0 aliphatic heterocycles. The lowest BCUT2D eigenvalue weighted by atomic mass is 10.3. The number of hydrogen-bond acceptors (Lipinski definition) is 1. The van der Waals surface area contributed by atoms with Crippen LogP contribution in [-0.2, 0) is 4.79 Å². The highest BCUT2D eigenvalue weighted by Crippen LogP contribution is 2.21. The molecule has 0 spiro atoms. The molecule has 0 radical (unpaired) electrons. The van der Waals surface area contributed by atoms with Crippen molar-refractivity contribution in [1.29, 1.82) is 0 Å². The lowest BCUT2D eigenvalue weighted by molar-refractivity contribution is -0.136. The minimum absolute atomic E-state index is 0.970. The fraction of sp³-hybridized carbons (Fsp3) is 0.750. The number of alkyl halides is 4. The lowest BCUT2D eigenvalue weighted by Gasteiger charge is -2.11. The van der Waals surface area contributed by atoms with E-state index in [2.05, 4.69) is 0 Å². The molecule has 0 heterocycles. The standard InChI is InChI=1S/C4H4Cl4O2/c5-1(3(7)8)2(6)4(9)10/h1-3H,(H,9,10). The zero-order valence-electron chi connectivity index (χ0n) is 4.60. The van der Waals surface area contributed by atoms with Gasteiger partial charge in [0, 0.05) is 0 Å². The van der Waals surface area contributed by atoms with E-state index in [1.54, 1.807) is 0 Å². The van der Waals surface area contributed by atoms with Crippen LogP contribution in [0.1, 0.15) is 0 Å². The van der Waals surface area contributed by atoms with E-state index in [4.69, 9.17) is 51.5 Å². The number of carbonyl (C=O) groups is 1. The molecular weight excluding hydrogens is 222 g/mol. The summed E-state index contributed by atoms with van der Waals surface area (Å²) in [7, 11) is 0. The predicted octanol–water partition coefficient (Wildman–Crippen LogP) is 2.09. The van der Waals surface area contributed by atoms with Crippen LogP contribution in [-0.4, -0.2) is 26.7 Å². The van der Waals surface area contributed by atoms with Crippen molar-refractivity contribution in [2.24, 2.45) is 0 Å². The van der Waals surface area contributed by atoms with Gasteiger partial charge in [-0.25, -0.2) is 0 Å². The zero-order chi connectivity index (χ0) is 8.31. The molecule has 0 aromatic carbocycles. The Bertz CT molecular complexity index is 126. The molecule has 0 aromatic rings. The molecule has 0 bridgehead atoms. The maximum absolute atomic E-state index is 10.1. The number of carboxylic acid groups (broad SMARTS) is 1. The molecule has 1 N–H and O–H groups in total. The fourth-order valence-electron chi connectivity index (χ4n) is 0.264. The topological polar surface area (TPSA) is 37.3 Å². The van der Waals surface area contributed by atoms with Gasteiger partial charge >= 0.3 is 5.97 Å². The summed E-state index contributed by atoms with van der Waals surface area (Å²) >= 11 is 21.2. The summed E-state index contributed by atoms with van der Waals surface area (Å²) in [6, 6.07) is 0. The third-order valence-corrected chi connectivity index (χ3v) is 2.65. The van der Waals surface area contributed by atoms with Gasteiger partial charge in [0.05, 0.1) is 5.38 Å². The average molecular weight is 226 g/mol. The Morgan fingerprint density at radius 3 is 1.70 bits per heavy atom. The van der Waals surface area contributed by atoms with E-state index < -0.39 is 21.6 Å². The second kappa shape index (κ2) is 4.50. The summed E-state index contributed by atoms with van der Waals surface area (Å²) in [6.45, 7) is 0. The van der Waals surface area contributed by atoms with Gasteiger partial charge in [-0.3, -0.25) is 4.79 Å². The molecule has 0 fully saturated rings. The molecule has 0 aliphatic rings. The van der Waals surface area contributed by atoms with Gasteiger partial charge in [-0.05, 0) is 0 Å². The second-order valence-corrected chi connectivity index (χ2v) is 3.66. The first kappa shape index (κ1) is 10.6. The number of carboxylic acids is 1.